The van der Waals surface area contributed by atoms with Crippen molar-refractivity contribution < 1.29 is 0 Å². The van der Waals surface area contributed by atoms with Gasteiger partial charge in [0.05, 0.1) is 12.0 Å². The smallest absolute Gasteiger partial charge is 0.0669 e. The van der Waals surface area contributed by atoms with E-state index in [1.807, 2.05) is 0 Å². The van der Waals surface area contributed by atoms with Crippen LogP contribution in [0.3, 0.4) is 0 Å². The molecule has 2 unspecified atom stereocenters. The first-order valence-electron chi connectivity index (χ1n) is 4.64. The molecule has 1 fully saturated rings. The highest BCUT2D eigenvalue weighted by molar-refractivity contribution is 4.92. The van der Waals surface area contributed by atoms with Gasteiger partial charge < -0.3 is 5.32 Å². The van der Waals surface area contributed by atoms with Gasteiger partial charge in [0.1, 0.15) is 0 Å². The summed E-state index contributed by atoms with van der Waals surface area (Å²) in [7, 11) is 0. The van der Waals surface area contributed by atoms with Gasteiger partial charge in [0.2, 0.25) is 0 Å². The van der Waals surface area contributed by atoms with Crippen molar-refractivity contribution in [2.24, 2.45) is 17.3 Å². The Morgan fingerprint density at radius 3 is 2.50 bits per heavy atom. The highest BCUT2D eigenvalue weighted by atomic mass is 14.9. The number of hydrogen-bond acceptors (Lipinski definition) is 2. The summed E-state index contributed by atoms with van der Waals surface area (Å²) in [6.07, 6.45) is 1.06. The van der Waals surface area contributed by atoms with Crippen molar-refractivity contribution in [3.63, 3.8) is 0 Å². The van der Waals surface area contributed by atoms with Gasteiger partial charge in [-0.2, -0.15) is 5.26 Å². The van der Waals surface area contributed by atoms with Crippen LogP contribution in [0.25, 0.3) is 0 Å². The molecule has 12 heavy (non-hydrogen) atoms. The van der Waals surface area contributed by atoms with E-state index < -0.39 is 0 Å². The summed E-state index contributed by atoms with van der Waals surface area (Å²) in [6.45, 7) is 8.70. The second kappa shape index (κ2) is 3.45. The van der Waals surface area contributed by atoms with Crippen LogP contribution in [0.4, 0.5) is 0 Å². The highest BCUT2D eigenvalue weighted by Gasteiger charge is 2.30. The van der Waals surface area contributed by atoms with E-state index in [2.05, 4.69) is 32.2 Å². The molecule has 68 valence electrons. The fourth-order valence-corrected chi connectivity index (χ4v) is 1.70. The SMILES string of the molecule is CC(C)(C)C1CNCC(C#N)C1. The lowest BCUT2D eigenvalue weighted by molar-refractivity contribution is 0.174. The third kappa shape index (κ3) is 2.22. The third-order valence-corrected chi connectivity index (χ3v) is 2.76. The lowest BCUT2D eigenvalue weighted by Gasteiger charge is -2.36. The molecular weight excluding hydrogens is 148 g/mol. The molecule has 0 amide bonds. The summed E-state index contributed by atoms with van der Waals surface area (Å²) in [5, 5.41) is 12.1. The maximum Gasteiger partial charge on any atom is 0.0669 e. The van der Waals surface area contributed by atoms with Crippen LogP contribution in [0.5, 0.6) is 0 Å². The lowest BCUT2D eigenvalue weighted by Crippen LogP contribution is -2.41. The van der Waals surface area contributed by atoms with Gasteiger partial charge in [0.25, 0.3) is 0 Å². The molecule has 0 radical (unpaired) electrons. The average molecular weight is 166 g/mol. The Morgan fingerprint density at radius 1 is 1.33 bits per heavy atom. The molecule has 0 aromatic heterocycles. The number of nitriles is 1. The Hall–Kier alpha value is -0.550. The van der Waals surface area contributed by atoms with Gasteiger partial charge in [0.15, 0.2) is 0 Å². The first kappa shape index (κ1) is 9.54. The van der Waals surface area contributed by atoms with Crippen LogP contribution in [-0.4, -0.2) is 13.1 Å². The van der Waals surface area contributed by atoms with Crippen LogP contribution in [-0.2, 0) is 0 Å². The van der Waals surface area contributed by atoms with Crippen LogP contribution < -0.4 is 5.32 Å². The molecule has 2 nitrogen and oxygen atoms in total. The first-order chi connectivity index (χ1) is 5.54. The molecule has 1 aliphatic rings. The molecule has 0 spiro atoms. The predicted molar refractivity (Wildman–Crippen MR) is 49.5 cm³/mol. The monoisotopic (exact) mass is 166 g/mol. The van der Waals surface area contributed by atoms with Crippen LogP contribution in [0.15, 0.2) is 0 Å². The lowest BCUT2D eigenvalue weighted by atomic mass is 9.74. The van der Waals surface area contributed by atoms with Gasteiger partial charge >= 0.3 is 0 Å². The zero-order valence-electron chi connectivity index (χ0n) is 8.22. The number of hydrogen-bond donors (Lipinski definition) is 1. The van der Waals surface area contributed by atoms with Crippen molar-refractivity contribution >= 4 is 0 Å². The predicted octanol–water partition coefficient (Wildman–Crippen LogP) is 1.78. The normalized spacial score (nSPS) is 31.2. The second-order valence-electron chi connectivity index (χ2n) is 4.78. The molecule has 1 N–H and O–H groups in total. The minimum absolute atomic E-state index is 0.225. The minimum atomic E-state index is 0.225. The van der Waals surface area contributed by atoms with Crippen LogP contribution in [0.1, 0.15) is 27.2 Å². The Balaban J connectivity index is 2.53. The Morgan fingerprint density at radius 2 is 2.00 bits per heavy atom. The van der Waals surface area contributed by atoms with Crippen molar-refractivity contribution in [1.82, 2.24) is 5.32 Å². The summed E-state index contributed by atoms with van der Waals surface area (Å²) < 4.78 is 0. The molecule has 1 aliphatic heterocycles. The van der Waals surface area contributed by atoms with E-state index in [0.717, 1.165) is 19.5 Å². The van der Waals surface area contributed by atoms with E-state index in [1.165, 1.54) is 0 Å². The summed E-state index contributed by atoms with van der Waals surface area (Å²) in [4.78, 5) is 0. The molecule has 1 rings (SSSR count). The van der Waals surface area contributed by atoms with Crippen molar-refractivity contribution in [1.29, 1.82) is 5.26 Å². The molecule has 0 saturated carbocycles. The first-order valence-corrected chi connectivity index (χ1v) is 4.64. The summed E-state index contributed by atoms with van der Waals surface area (Å²) in [6, 6.07) is 2.34. The van der Waals surface area contributed by atoms with Gasteiger partial charge in [-0.1, -0.05) is 20.8 Å². The van der Waals surface area contributed by atoms with E-state index in [-0.39, 0.29) is 5.92 Å². The zero-order chi connectivity index (χ0) is 9.19. The molecular formula is C10H18N2. The highest BCUT2D eigenvalue weighted by Crippen LogP contribution is 2.32. The number of piperidine rings is 1. The summed E-state index contributed by atoms with van der Waals surface area (Å²) in [5.74, 6) is 0.874. The fourth-order valence-electron chi connectivity index (χ4n) is 1.70. The van der Waals surface area contributed by atoms with E-state index >= 15 is 0 Å². The Labute approximate surface area is 75.0 Å². The van der Waals surface area contributed by atoms with Gasteiger partial charge in [-0.05, 0) is 24.3 Å². The van der Waals surface area contributed by atoms with Crippen molar-refractivity contribution in [2.45, 2.75) is 27.2 Å². The largest absolute Gasteiger partial charge is 0.315 e. The maximum absolute atomic E-state index is 8.78. The van der Waals surface area contributed by atoms with Crippen LogP contribution in [0.2, 0.25) is 0 Å². The van der Waals surface area contributed by atoms with E-state index in [9.17, 15) is 0 Å². The Kier molecular flexibility index (Phi) is 2.74. The standard InChI is InChI=1S/C10H18N2/c1-10(2,3)9-4-8(5-11)6-12-7-9/h8-9,12H,4,6-7H2,1-3H3. The average Bonchev–Trinajstić information content (AvgIpc) is 2.03. The fraction of sp³-hybridized carbons (Fsp3) is 0.900. The minimum Gasteiger partial charge on any atom is -0.315 e. The van der Waals surface area contributed by atoms with Gasteiger partial charge in [-0.15, -0.1) is 0 Å². The number of nitrogens with one attached hydrogen (secondary N) is 1. The molecule has 0 aromatic rings. The van der Waals surface area contributed by atoms with Crippen molar-refractivity contribution in [3.05, 3.63) is 0 Å². The zero-order valence-corrected chi connectivity index (χ0v) is 8.22. The molecule has 1 saturated heterocycles. The van der Waals surface area contributed by atoms with E-state index in [4.69, 9.17) is 5.26 Å². The second-order valence-corrected chi connectivity index (χ2v) is 4.78. The van der Waals surface area contributed by atoms with E-state index in [1.54, 1.807) is 0 Å². The maximum atomic E-state index is 8.78. The molecule has 2 atom stereocenters. The topological polar surface area (TPSA) is 35.8 Å². The molecule has 0 aliphatic carbocycles. The van der Waals surface area contributed by atoms with Crippen LogP contribution >= 0.6 is 0 Å². The number of rotatable bonds is 0. The Bertz CT molecular complexity index is 185. The quantitative estimate of drug-likeness (QED) is 0.595. The van der Waals surface area contributed by atoms with E-state index in [0.29, 0.717) is 11.3 Å². The van der Waals surface area contributed by atoms with Crippen molar-refractivity contribution in [3.8, 4) is 6.07 Å². The molecule has 1 heterocycles. The summed E-state index contributed by atoms with van der Waals surface area (Å²) in [5.41, 5.74) is 0.336. The summed E-state index contributed by atoms with van der Waals surface area (Å²) >= 11 is 0. The van der Waals surface area contributed by atoms with Crippen LogP contribution in [0, 0.1) is 28.6 Å². The molecule has 0 bridgehead atoms. The molecule has 0 aromatic carbocycles. The van der Waals surface area contributed by atoms with Gasteiger partial charge in [-0.3, -0.25) is 0 Å². The van der Waals surface area contributed by atoms with Gasteiger partial charge in [0, 0.05) is 6.54 Å². The third-order valence-electron chi connectivity index (χ3n) is 2.76. The van der Waals surface area contributed by atoms with Gasteiger partial charge in [-0.25, -0.2) is 0 Å². The van der Waals surface area contributed by atoms with Crippen molar-refractivity contribution in [2.75, 3.05) is 13.1 Å². The molecule has 2 heteroatoms. The number of nitrogens with zero attached hydrogens (tertiary/aromatic N) is 1.